The van der Waals surface area contributed by atoms with E-state index in [1.165, 1.54) is 0 Å². The van der Waals surface area contributed by atoms with Crippen molar-refractivity contribution >= 4 is 28.6 Å². The van der Waals surface area contributed by atoms with Crippen LogP contribution in [0, 0.1) is 34.6 Å². The van der Waals surface area contributed by atoms with Gasteiger partial charge in [0, 0.05) is 5.69 Å². The first-order valence-electron chi connectivity index (χ1n) is 9.50. The maximum absolute atomic E-state index is 12.6. The zero-order chi connectivity index (χ0) is 21.3. The lowest BCUT2D eigenvalue weighted by molar-refractivity contribution is -0.123. The molecule has 1 heterocycles. The van der Waals surface area contributed by atoms with Crippen LogP contribution >= 0.6 is 0 Å². The lowest BCUT2D eigenvalue weighted by atomic mass is 10.0. The molecule has 1 atom stereocenters. The molecule has 0 aliphatic heterocycles. The Morgan fingerprint density at radius 1 is 0.897 bits per heavy atom. The molecule has 0 radical (unpaired) electrons. The van der Waals surface area contributed by atoms with Crippen LogP contribution in [0.5, 0.6) is 0 Å². The fourth-order valence-electron chi connectivity index (χ4n) is 3.24. The number of aromatic nitrogens is 2. The molecule has 1 N–H and O–H groups in total. The van der Waals surface area contributed by atoms with Gasteiger partial charge in [-0.3, -0.25) is 4.79 Å². The molecule has 29 heavy (non-hydrogen) atoms. The molecule has 6 heteroatoms. The molecule has 6 nitrogen and oxygen atoms in total. The van der Waals surface area contributed by atoms with Gasteiger partial charge < -0.3 is 10.1 Å². The summed E-state index contributed by atoms with van der Waals surface area (Å²) in [7, 11) is 0. The maximum atomic E-state index is 12.6. The second kappa shape index (κ2) is 7.99. The van der Waals surface area contributed by atoms with Gasteiger partial charge in [0.25, 0.3) is 5.91 Å². The van der Waals surface area contributed by atoms with Gasteiger partial charge in [0.15, 0.2) is 6.10 Å². The third-order valence-electron chi connectivity index (χ3n) is 4.89. The minimum Gasteiger partial charge on any atom is -0.449 e. The topological polar surface area (TPSA) is 81.2 Å². The van der Waals surface area contributed by atoms with Crippen LogP contribution in [0.2, 0.25) is 0 Å². The van der Waals surface area contributed by atoms with Crippen molar-refractivity contribution < 1.29 is 14.3 Å². The zero-order valence-electron chi connectivity index (χ0n) is 17.6. The van der Waals surface area contributed by atoms with Crippen LogP contribution in [-0.2, 0) is 9.53 Å². The minimum atomic E-state index is -0.941. The SMILES string of the molecule is Cc1cc(C)c(NC(=O)[C@@H](C)OC(=O)c2ccc3nc(C)c(C)nc3c2)c(C)c1. The van der Waals surface area contributed by atoms with Gasteiger partial charge in [0.2, 0.25) is 0 Å². The van der Waals surface area contributed by atoms with Crippen molar-refractivity contribution in [1.82, 2.24) is 9.97 Å². The standard InChI is InChI=1S/C23H25N3O3/c1-12-9-13(2)21(14(3)10-12)26-22(27)17(6)29-23(28)18-7-8-19-20(11-18)25-16(5)15(4)24-19/h7-11,17H,1-6H3,(H,26,27)/t17-/m1/s1. The third-order valence-corrected chi connectivity index (χ3v) is 4.89. The molecule has 0 bridgehead atoms. The highest BCUT2D eigenvalue weighted by atomic mass is 16.5. The van der Waals surface area contributed by atoms with E-state index in [1.807, 2.05) is 46.8 Å². The smallest absolute Gasteiger partial charge is 0.338 e. The number of hydrogen-bond donors (Lipinski definition) is 1. The fourth-order valence-corrected chi connectivity index (χ4v) is 3.24. The second-order valence-corrected chi connectivity index (χ2v) is 7.41. The Balaban J connectivity index is 1.74. The summed E-state index contributed by atoms with van der Waals surface area (Å²) in [5, 5.41) is 2.87. The number of benzene rings is 2. The number of nitrogens with one attached hydrogen (secondary N) is 1. The average Bonchev–Trinajstić information content (AvgIpc) is 2.64. The third kappa shape index (κ3) is 4.42. The molecule has 3 aromatic rings. The van der Waals surface area contributed by atoms with E-state index < -0.39 is 12.1 Å². The van der Waals surface area contributed by atoms with Gasteiger partial charge in [0.1, 0.15) is 0 Å². The van der Waals surface area contributed by atoms with Crippen molar-refractivity contribution in [2.24, 2.45) is 0 Å². The zero-order valence-corrected chi connectivity index (χ0v) is 17.6. The van der Waals surface area contributed by atoms with Gasteiger partial charge in [-0.25, -0.2) is 14.8 Å². The molecule has 0 saturated heterocycles. The molecule has 0 spiro atoms. The highest BCUT2D eigenvalue weighted by Gasteiger charge is 2.21. The van der Waals surface area contributed by atoms with Crippen molar-refractivity contribution in [3.8, 4) is 0 Å². The fraction of sp³-hybridized carbons (Fsp3) is 0.304. The predicted octanol–water partition coefficient (Wildman–Crippen LogP) is 4.36. The molecule has 1 aromatic heterocycles. The molecule has 3 rings (SSSR count). The van der Waals surface area contributed by atoms with Gasteiger partial charge in [-0.05, 0) is 70.9 Å². The van der Waals surface area contributed by atoms with Crippen LogP contribution in [0.15, 0.2) is 30.3 Å². The number of rotatable bonds is 4. The number of ether oxygens (including phenoxy) is 1. The van der Waals surface area contributed by atoms with Crippen LogP contribution in [0.4, 0.5) is 5.69 Å². The summed E-state index contributed by atoms with van der Waals surface area (Å²) >= 11 is 0. The first kappa shape index (κ1) is 20.5. The summed E-state index contributed by atoms with van der Waals surface area (Å²) in [6, 6.07) is 9.00. The predicted molar refractivity (Wildman–Crippen MR) is 113 cm³/mol. The van der Waals surface area contributed by atoms with Gasteiger partial charge in [-0.1, -0.05) is 17.7 Å². The minimum absolute atomic E-state index is 0.331. The quantitative estimate of drug-likeness (QED) is 0.669. The summed E-state index contributed by atoms with van der Waals surface area (Å²) < 4.78 is 5.38. The lowest BCUT2D eigenvalue weighted by Crippen LogP contribution is -2.30. The number of fused-ring (bicyclic) bond motifs is 1. The van der Waals surface area contributed by atoms with E-state index in [4.69, 9.17) is 4.74 Å². The first-order valence-corrected chi connectivity index (χ1v) is 9.50. The number of hydrogen-bond acceptors (Lipinski definition) is 5. The van der Waals surface area contributed by atoms with Crippen LogP contribution in [-0.4, -0.2) is 27.9 Å². The van der Waals surface area contributed by atoms with E-state index in [9.17, 15) is 9.59 Å². The van der Waals surface area contributed by atoms with Gasteiger partial charge in [-0.15, -0.1) is 0 Å². The monoisotopic (exact) mass is 391 g/mol. The summed E-state index contributed by atoms with van der Waals surface area (Å²) in [4.78, 5) is 34.0. The van der Waals surface area contributed by atoms with Crippen molar-refractivity contribution in [3.05, 3.63) is 64.0 Å². The van der Waals surface area contributed by atoms with E-state index >= 15 is 0 Å². The molecular weight excluding hydrogens is 366 g/mol. The summed E-state index contributed by atoms with van der Waals surface area (Å²) in [5.41, 5.74) is 7.11. The molecule has 0 unspecified atom stereocenters. The van der Waals surface area contributed by atoms with E-state index in [2.05, 4.69) is 15.3 Å². The Kier molecular flexibility index (Phi) is 5.64. The Morgan fingerprint density at radius 2 is 1.48 bits per heavy atom. The first-order chi connectivity index (χ1) is 13.7. The summed E-state index contributed by atoms with van der Waals surface area (Å²) in [6.45, 7) is 11.2. The van der Waals surface area contributed by atoms with Crippen molar-refractivity contribution in [3.63, 3.8) is 0 Å². The second-order valence-electron chi connectivity index (χ2n) is 7.41. The molecule has 150 valence electrons. The van der Waals surface area contributed by atoms with Gasteiger partial charge >= 0.3 is 5.97 Å². The normalized spacial score (nSPS) is 11.9. The number of anilines is 1. The Hall–Kier alpha value is -3.28. The average molecular weight is 391 g/mol. The van der Waals surface area contributed by atoms with Crippen molar-refractivity contribution in [1.29, 1.82) is 0 Å². The number of esters is 1. The van der Waals surface area contributed by atoms with E-state index in [0.29, 0.717) is 16.6 Å². The lowest BCUT2D eigenvalue weighted by Gasteiger charge is -2.17. The molecule has 1 amide bonds. The van der Waals surface area contributed by atoms with Crippen molar-refractivity contribution in [2.75, 3.05) is 5.32 Å². The number of nitrogens with zero attached hydrogens (tertiary/aromatic N) is 2. The molecule has 0 aliphatic carbocycles. The molecule has 0 aliphatic rings. The van der Waals surface area contributed by atoms with Gasteiger partial charge in [-0.2, -0.15) is 0 Å². The van der Waals surface area contributed by atoms with Crippen LogP contribution < -0.4 is 5.32 Å². The van der Waals surface area contributed by atoms with E-state index in [1.54, 1.807) is 25.1 Å². The van der Waals surface area contributed by atoms with Crippen LogP contribution in [0.1, 0.15) is 45.4 Å². The number of carbonyl (C=O) groups excluding carboxylic acids is 2. The number of carbonyl (C=O) groups is 2. The number of aryl methyl sites for hydroxylation is 5. The summed E-state index contributed by atoms with van der Waals surface area (Å²) in [6.07, 6.45) is -0.941. The summed E-state index contributed by atoms with van der Waals surface area (Å²) in [5.74, 6) is -0.951. The van der Waals surface area contributed by atoms with E-state index in [-0.39, 0.29) is 5.91 Å². The molecule has 0 fully saturated rings. The Bertz CT molecular complexity index is 1100. The van der Waals surface area contributed by atoms with Gasteiger partial charge in [0.05, 0.1) is 28.0 Å². The molecular formula is C23H25N3O3. The van der Waals surface area contributed by atoms with Crippen molar-refractivity contribution in [2.45, 2.75) is 47.6 Å². The molecule has 0 saturated carbocycles. The molecule has 2 aromatic carbocycles. The Morgan fingerprint density at radius 3 is 2.10 bits per heavy atom. The number of amides is 1. The van der Waals surface area contributed by atoms with E-state index in [0.717, 1.165) is 33.8 Å². The van der Waals surface area contributed by atoms with Crippen LogP contribution in [0.25, 0.3) is 11.0 Å². The maximum Gasteiger partial charge on any atom is 0.338 e. The Labute approximate surface area is 170 Å². The van der Waals surface area contributed by atoms with Crippen LogP contribution in [0.3, 0.4) is 0 Å². The highest BCUT2D eigenvalue weighted by molar-refractivity contribution is 5.99. The largest absolute Gasteiger partial charge is 0.449 e. The highest BCUT2D eigenvalue weighted by Crippen LogP contribution is 2.22.